The minimum Gasteiger partial charge on any atom is -0.337 e. The summed E-state index contributed by atoms with van der Waals surface area (Å²) in [5.41, 5.74) is 0.411. The van der Waals surface area contributed by atoms with Crippen LogP contribution >= 0.6 is 11.3 Å². The molecule has 0 spiro atoms. The monoisotopic (exact) mass is 365 g/mol. The number of aryl methyl sites for hydroxylation is 2. The van der Waals surface area contributed by atoms with Gasteiger partial charge in [-0.1, -0.05) is 5.16 Å². The number of nitrogens with zero attached hydrogens (tertiary/aromatic N) is 4. The van der Waals surface area contributed by atoms with Crippen molar-refractivity contribution in [3.8, 4) is 10.8 Å². The molecule has 0 saturated heterocycles. The van der Waals surface area contributed by atoms with Gasteiger partial charge in [0.05, 0.1) is 5.69 Å². The molecule has 10 heteroatoms. The lowest BCUT2D eigenvalue weighted by atomic mass is 10.4. The van der Waals surface area contributed by atoms with Gasteiger partial charge in [-0.3, -0.25) is 4.72 Å². The van der Waals surface area contributed by atoms with Gasteiger partial charge in [0.1, 0.15) is 10.7 Å². The van der Waals surface area contributed by atoms with Crippen molar-refractivity contribution in [1.82, 2.24) is 19.7 Å². The van der Waals surface area contributed by atoms with Crippen LogP contribution in [-0.2, 0) is 17.1 Å². The predicted molar refractivity (Wildman–Crippen MR) is 88.3 cm³/mol. The number of anilines is 1. The standard InChI is InChI=1S/C14H15N5O3S2/c1-8-15-11(7-19(8)2)24(20,21)18-10-5-6-23-12(10)14-16-13(17-22-14)9-3-4-9/h5-7,9,18H,3-4H2,1-2H3. The molecule has 1 saturated carbocycles. The molecule has 3 aromatic rings. The number of hydrogen-bond acceptors (Lipinski definition) is 7. The molecule has 3 aromatic heterocycles. The lowest BCUT2D eigenvalue weighted by molar-refractivity contribution is 0.423. The number of imidazole rings is 1. The van der Waals surface area contributed by atoms with Crippen molar-refractivity contribution >= 4 is 27.0 Å². The molecular weight excluding hydrogens is 350 g/mol. The highest BCUT2D eigenvalue weighted by atomic mass is 32.2. The van der Waals surface area contributed by atoms with E-state index in [1.165, 1.54) is 17.5 Å². The minimum absolute atomic E-state index is 0.0242. The van der Waals surface area contributed by atoms with Crippen molar-refractivity contribution in [3.63, 3.8) is 0 Å². The first-order valence-corrected chi connectivity index (χ1v) is 9.74. The van der Waals surface area contributed by atoms with Gasteiger partial charge in [-0.25, -0.2) is 4.98 Å². The fourth-order valence-electron chi connectivity index (χ4n) is 2.24. The van der Waals surface area contributed by atoms with Gasteiger partial charge in [0.2, 0.25) is 0 Å². The quantitative estimate of drug-likeness (QED) is 0.745. The Labute approximate surface area is 142 Å². The summed E-state index contributed by atoms with van der Waals surface area (Å²) in [6.45, 7) is 1.74. The van der Waals surface area contributed by atoms with Gasteiger partial charge in [0.15, 0.2) is 10.9 Å². The second-order valence-electron chi connectivity index (χ2n) is 5.74. The van der Waals surface area contributed by atoms with Crippen molar-refractivity contribution in [2.24, 2.45) is 7.05 Å². The summed E-state index contributed by atoms with van der Waals surface area (Å²) in [5.74, 6) is 2.01. The van der Waals surface area contributed by atoms with Crippen LogP contribution in [0.1, 0.15) is 30.4 Å². The molecule has 24 heavy (non-hydrogen) atoms. The maximum atomic E-state index is 12.5. The second kappa shape index (κ2) is 5.42. The first kappa shape index (κ1) is 15.3. The Morgan fingerprint density at radius 2 is 2.17 bits per heavy atom. The lowest BCUT2D eigenvalue weighted by Crippen LogP contribution is -2.13. The van der Waals surface area contributed by atoms with Crippen LogP contribution < -0.4 is 4.72 Å². The summed E-state index contributed by atoms with van der Waals surface area (Å²) in [4.78, 5) is 9.04. The molecule has 0 unspecified atom stereocenters. The van der Waals surface area contributed by atoms with E-state index in [9.17, 15) is 8.42 Å². The summed E-state index contributed by atoms with van der Waals surface area (Å²) >= 11 is 1.34. The summed E-state index contributed by atoms with van der Waals surface area (Å²) in [5, 5.41) is 5.72. The van der Waals surface area contributed by atoms with E-state index in [-0.39, 0.29) is 5.03 Å². The molecule has 0 aromatic carbocycles. The summed E-state index contributed by atoms with van der Waals surface area (Å²) in [7, 11) is -2.03. The normalized spacial score (nSPS) is 14.9. The fourth-order valence-corrected chi connectivity index (χ4v) is 4.19. The second-order valence-corrected chi connectivity index (χ2v) is 8.28. The van der Waals surface area contributed by atoms with Crippen LogP contribution in [0.2, 0.25) is 0 Å². The van der Waals surface area contributed by atoms with E-state index in [4.69, 9.17) is 4.52 Å². The number of nitrogens with one attached hydrogen (secondary N) is 1. The SMILES string of the molecule is Cc1nc(S(=O)(=O)Nc2ccsc2-c2nc(C3CC3)no2)cn1C. The molecule has 0 bridgehead atoms. The molecule has 0 atom stereocenters. The molecule has 8 nitrogen and oxygen atoms in total. The molecule has 0 radical (unpaired) electrons. The lowest BCUT2D eigenvalue weighted by Gasteiger charge is -2.04. The van der Waals surface area contributed by atoms with Crippen LogP contribution in [0.15, 0.2) is 27.2 Å². The molecule has 0 aliphatic heterocycles. The summed E-state index contributed by atoms with van der Waals surface area (Å²) in [6.07, 6.45) is 3.62. The van der Waals surface area contributed by atoms with Crippen molar-refractivity contribution < 1.29 is 12.9 Å². The number of thiophene rings is 1. The van der Waals surface area contributed by atoms with Gasteiger partial charge in [0, 0.05) is 19.2 Å². The minimum atomic E-state index is -3.78. The van der Waals surface area contributed by atoms with Gasteiger partial charge in [-0.15, -0.1) is 11.3 Å². The Morgan fingerprint density at radius 3 is 2.83 bits per heavy atom. The third kappa shape index (κ3) is 2.71. The van der Waals surface area contributed by atoms with Gasteiger partial charge < -0.3 is 9.09 Å². The van der Waals surface area contributed by atoms with Crippen molar-refractivity contribution in [3.05, 3.63) is 29.3 Å². The molecule has 1 N–H and O–H groups in total. The van der Waals surface area contributed by atoms with Gasteiger partial charge in [-0.05, 0) is 31.2 Å². The first-order chi connectivity index (χ1) is 11.4. The highest BCUT2D eigenvalue weighted by molar-refractivity contribution is 7.92. The molecular formula is C14H15N5O3S2. The zero-order valence-corrected chi connectivity index (χ0v) is 14.7. The maximum Gasteiger partial charge on any atom is 0.281 e. The van der Waals surface area contributed by atoms with Crippen molar-refractivity contribution in [2.45, 2.75) is 30.7 Å². The average Bonchev–Trinajstić information content (AvgIpc) is 2.92. The molecule has 1 fully saturated rings. The Balaban J connectivity index is 1.64. The number of aromatic nitrogens is 4. The van der Waals surface area contributed by atoms with Crippen LogP contribution in [0.5, 0.6) is 0 Å². The smallest absolute Gasteiger partial charge is 0.281 e. The summed E-state index contributed by atoms with van der Waals surface area (Å²) < 4.78 is 34.5. The Bertz CT molecular complexity index is 978. The largest absolute Gasteiger partial charge is 0.337 e. The van der Waals surface area contributed by atoms with Gasteiger partial charge in [0.25, 0.3) is 15.9 Å². The van der Waals surface area contributed by atoms with E-state index in [0.29, 0.717) is 34.0 Å². The number of sulfonamides is 1. The molecule has 1 aliphatic carbocycles. The van der Waals surface area contributed by atoms with Crippen LogP contribution in [-0.4, -0.2) is 28.1 Å². The van der Waals surface area contributed by atoms with E-state index in [1.807, 2.05) is 0 Å². The predicted octanol–water partition coefficient (Wildman–Crippen LogP) is 2.52. The van der Waals surface area contributed by atoms with Crippen molar-refractivity contribution in [2.75, 3.05) is 4.72 Å². The van der Waals surface area contributed by atoms with E-state index >= 15 is 0 Å². The Morgan fingerprint density at radius 1 is 1.38 bits per heavy atom. The molecule has 3 heterocycles. The average molecular weight is 365 g/mol. The molecule has 4 rings (SSSR count). The maximum absolute atomic E-state index is 12.5. The van der Waals surface area contributed by atoms with Crippen LogP contribution in [0, 0.1) is 6.92 Å². The topological polar surface area (TPSA) is 103 Å². The molecule has 0 amide bonds. The van der Waals surface area contributed by atoms with Crippen LogP contribution in [0.25, 0.3) is 10.8 Å². The fraction of sp³-hybridized carbons (Fsp3) is 0.357. The third-order valence-corrected chi connectivity index (χ3v) is 5.99. The Kier molecular flexibility index (Phi) is 3.46. The number of rotatable bonds is 5. The first-order valence-electron chi connectivity index (χ1n) is 7.38. The van der Waals surface area contributed by atoms with E-state index in [2.05, 4.69) is 19.8 Å². The van der Waals surface area contributed by atoms with E-state index in [1.54, 1.807) is 30.0 Å². The zero-order chi connectivity index (χ0) is 16.9. The zero-order valence-electron chi connectivity index (χ0n) is 13.1. The highest BCUT2D eigenvalue weighted by Gasteiger charge is 2.30. The number of hydrogen-bond donors (Lipinski definition) is 1. The van der Waals surface area contributed by atoms with Gasteiger partial charge in [-0.2, -0.15) is 13.4 Å². The van der Waals surface area contributed by atoms with Crippen molar-refractivity contribution in [1.29, 1.82) is 0 Å². The van der Waals surface area contributed by atoms with Crippen LogP contribution in [0.4, 0.5) is 5.69 Å². The van der Waals surface area contributed by atoms with Crippen LogP contribution in [0.3, 0.4) is 0 Å². The Hall–Kier alpha value is -2.20. The van der Waals surface area contributed by atoms with Gasteiger partial charge >= 0.3 is 0 Å². The molecule has 1 aliphatic rings. The van der Waals surface area contributed by atoms with E-state index in [0.717, 1.165) is 12.8 Å². The highest BCUT2D eigenvalue weighted by Crippen LogP contribution is 2.40. The van der Waals surface area contributed by atoms with E-state index < -0.39 is 10.0 Å². The summed E-state index contributed by atoms with van der Waals surface area (Å²) in [6, 6.07) is 1.67. The molecule has 126 valence electrons. The third-order valence-electron chi connectivity index (χ3n) is 3.85.